The maximum absolute atomic E-state index is 4.40. The Kier molecular flexibility index (Phi) is 2.59. The molecule has 0 aromatic carbocycles. The molecule has 4 heteroatoms. The van der Waals surface area contributed by atoms with Gasteiger partial charge in [-0.25, -0.2) is 9.97 Å². The molecule has 1 N–H and O–H groups in total. The van der Waals surface area contributed by atoms with Crippen LogP contribution in [-0.2, 0) is 0 Å². The molecule has 2 aromatic heterocycles. The van der Waals surface area contributed by atoms with Gasteiger partial charge >= 0.3 is 0 Å². The van der Waals surface area contributed by atoms with Crippen molar-refractivity contribution in [3.63, 3.8) is 0 Å². The van der Waals surface area contributed by atoms with Crippen molar-refractivity contribution in [3.05, 3.63) is 28.9 Å². The van der Waals surface area contributed by atoms with Crippen LogP contribution in [0.25, 0.3) is 10.2 Å². The third-order valence-corrected chi connectivity index (χ3v) is 4.43. The predicted molar refractivity (Wildman–Crippen MR) is 72.7 cm³/mol. The molecule has 2 heterocycles. The molecule has 17 heavy (non-hydrogen) atoms. The summed E-state index contributed by atoms with van der Waals surface area (Å²) in [6, 6.07) is 0.493. The van der Waals surface area contributed by atoms with Gasteiger partial charge in [-0.1, -0.05) is 12.2 Å². The highest BCUT2D eigenvalue weighted by molar-refractivity contribution is 7.18. The van der Waals surface area contributed by atoms with Gasteiger partial charge in [0.1, 0.15) is 17.0 Å². The number of nitrogens with one attached hydrogen (secondary N) is 1. The Morgan fingerprint density at radius 1 is 1.24 bits per heavy atom. The van der Waals surface area contributed by atoms with Gasteiger partial charge in [-0.05, 0) is 32.3 Å². The number of fused-ring (bicyclic) bond motifs is 1. The lowest BCUT2D eigenvalue weighted by Crippen LogP contribution is -2.16. The molecule has 0 unspecified atom stereocenters. The van der Waals surface area contributed by atoms with E-state index in [-0.39, 0.29) is 0 Å². The minimum absolute atomic E-state index is 0.493. The molecule has 0 atom stereocenters. The van der Waals surface area contributed by atoms with Crippen LogP contribution in [0.15, 0.2) is 18.5 Å². The SMILES string of the molecule is Cc1sc2ncnc(NC3CC=CC3)c2c1C. The van der Waals surface area contributed by atoms with Crippen molar-refractivity contribution in [1.29, 1.82) is 0 Å². The molecule has 0 saturated heterocycles. The van der Waals surface area contributed by atoms with Crippen molar-refractivity contribution in [2.24, 2.45) is 0 Å². The van der Waals surface area contributed by atoms with E-state index in [1.807, 2.05) is 0 Å². The van der Waals surface area contributed by atoms with Crippen LogP contribution in [0.1, 0.15) is 23.3 Å². The first-order chi connectivity index (χ1) is 8.25. The molecular weight excluding hydrogens is 230 g/mol. The first-order valence-corrected chi connectivity index (χ1v) is 6.69. The molecule has 3 nitrogen and oxygen atoms in total. The fourth-order valence-corrected chi connectivity index (χ4v) is 3.22. The summed E-state index contributed by atoms with van der Waals surface area (Å²) >= 11 is 1.74. The topological polar surface area (TPSA) is 37.8 Å². The first kappa shape index (κ1) is 10.7. The van der Waals surface area contributed by atoms with E-state index in [1.54, 1.807) is 17.7 Å². The molecule has 0 amide bonds. The molecule has 88 valence electrons. The van der Waals surface area contributed by atoms with Crippen molar-refractivity contribution in [2.75, 3.05) is 5.32 Å². The second kappa shape index (κ2) is 4.11. The van der Waals surface area contributed by atoms with Gasteiger partial charge in [-0.2, -0.15) is 0 Å². The number of anilines is 1. The predicted octanol–water partition coefficient (Wildman–Crippen LogP) is 3.44. The molecule has 0 aliphatic heterocycles. The standard InChI is InChI=1S/C13H15N3S/c1-8-9(2)17-13-11(8)12(14-7-15-13)16-10-5-3-4-6-10/h3-4,7,10H,5-6H2,1-2H3,(H,14,15,16). The molecule has 1 aliphatic carbocycles. The van der Waals surface area contributed by atoms with E-state index in [9.17, 15) is 0 Å². The zero-order valence-corrected chi connectivity index (χ0v) is 10.8. The minimum Gasteiger partial charge on any atom is -0.366 e. The lowest BCUT2D eigenvalue weighted by molar-refractivity contribution is 0.782. The normalized spacial score (nSPS) is 15.9. The van der Waals surface area contributed by atoms with E-state index >= 15 is 0 Å². The number of rotatable bonds is 2. The summed E-state index contributed by atoms with van der Waals surface area (Å²) in [6.45, 7) is 4.29. The maximum Gasteiger partial charge on any atom is 0.138 e. The molecule has 0 spiro atoms. The maximum atomic E-state index is 4.40. The molecule has 3 rings (SSSR count). The van der Waals surface area contributed by atoms with Crippen LogP contribution in [0.4, 0.5) is 5.82 Å². The largest absolute Gasteiger partial charge is 0.366 e. The number of aromatic nitrogens is 2. The molecule has 1 aliphatic rings. The van der Waals surface area contributed by atoms with Crippen molar-refractivity contribution in [3.8, 4) is 0 Å². The second-order valence-electron chi connectivity index (χ2n) is 4.47. The Morgan fingerprint density at radius 2 is 2.00 bits per heavy atom. The van der Waals surface area contributed by atoms with E-state index in [1.165, 1.54) is 15.8 Å². The summed E-state index contributed by atoms with van der Waals surface area (Å²) in [6.07, 6.45) is 8.29. The fourth-order valence-electron chi connectivity index (χ4n) is 2.22. The first-order valence-electron chi connectivity index (χ1n) is 5.88. The summed E-state index contributed by atoms with van der Waals surface area (Å²) in [4.78, 5) is 11.2. The lowest BCUT2D eigenvalue weighted by atomic mass is 10.2. The van der Waals surface area contributed by atoms with Gasteiger partial charge in [0.15, 0.2) is 0 Å². The van der Waals surface area contributed by atoms with Gasteiger partial charge in [0.25, 0.3) is 0 Å². The van der Waals surface area contributed by atoms with E-state index in [4.69, 9.17) is 0 Å². The Bertz CT molecular complexity index is 578. The molecule has 0 fully saturated rings. The number of thiophene rings is 1. The number of nitrogens with zero attached hydrogens (tertiary/aromatic N) is 2. The molecule has 2 aromatic rings. The number of hydrogen-bond donors (Lipinski definition) is 1. The van der Waals surface area contributed by atoms with Crippen LogP contribution < -0.4 is 5.32 Å². The summed E-state index contributed by atoms with van der Waals surface area (Å²) in [5.41, 5.74) is 1.30. The zero-order chi connectivity index (χ0) is 11.8. The summed E-state index contributed by atoms with van der Waals surface area (Å²) < 4.78 is 0. The number of hydrogen-bond acceptors (Lipinski definition) is 4. The van der Waals surface area contributed by atoms with Crippen molar-refractivity contribution in [2.45, 2.75) is 32.7 Å². The highest BCUT2D eigenvalue weighted by Gasteiger charge is 2.15. The summed E-state index contributed by atoms with van der Waals surface area (Å²) in [7, 11) is 0. The molecular formula is C13H15N3S. The minimum atomic E-state index is 0.493. The third kappa shape index (κ3) is 1.82. The fraction of sp³-hybridized carbons (Fsp3) is 0.385. The van der Waals surface area contributed by atoms with Gasteiger partial charge in [0.05, 0.1) is 5.39 Å². The van der Waals surface area contributed by atoms with Gasteiger partial charge in [-0.15, -0.1) is 11.3 Å². The third-order valence-electron chi connectivity index (χ3n) is 3.31. The van der Waals surface area contributed by atoms with Crippen LogP contribution in [0.2, 0.25) is 0 Å². The van der Waals surface area contributed by atoms with Gasteiger partial charge in [0, 0.05) is 10.9 Å². The summed E-state index contributed by atoms with van der Waals surface area (Å²) in [5, 5.41) is 4.73. The van der Waals surface area contributed by atoms with Crippen LogP contribution in [0.3, 0.4) is 0 Å². The van der Waals surface area contributed by atoms with Crippen LogP contribution in [0, 0.1) is 13.8 Å². The van der Waals surface area contributed by atoms with Gasteiger partial charge in [0.2, 0.25) is 0 Å². The Labute approximate surface area is 105 Å². The monoisotopic (exact) mass is 245 g/mol. The van der Waals surface area contributed by atoms with Crippen molar-refractivity contribution < 1.29 is 0 Å². The highest BCUT2D eigenvalue weighted by atomic mass is 32.1. The van der Waals surface area contributed by atoms with E-state index < -0.39 is 0 Å². The Morgan fingerprint density at radius 3 is 2.76 bits per heavy atom. The van der Waals surface area contributed by atoms with Crippen molar-refractivity contribution in [1.82, 2.24) is 9.97 Å². The molecule has 0 radical (unpaired) electrons. The van der Waals surface area contributed by atoms with Crippen LogP contribution in [-0.4, -0.2) is 16.0 Å². The molecule has 0 saturated carbocycles. The molecule has 0 bridgehead atoms. The van der Waals surface area contributed by atoms with Crippen molar-refractivity contribution >= 4 is 27.4 Å². The smallest absolute Gasteiger partial charge is 0.138 e. The summed E-state index contributed by atoms with van der Waals surface area (Å²) in [5.74, 6) is 0.991. The lowest BCUT2D eigenvalue weighted by Gasteiger charge is -2.13. The van der Waals surface area contributed by atoms with E-state index in [0.29, 0.717) is 6.04 Å². The number of aryl methyl sites for hydroxylation is 2. The zero-order valence-electron chi connectivity index (χ0n) is 10.0. The Hall–Kier alpha value is -1.42. The Balaban J connectivity index is 2.03. The van der Waals surface area contributed by atoms with Crippen LogP contribution in [0.5, 0.6) is 0 Å². The average Bonchev–Trinajstić information content (AvgIpc) is 2.90. The van der Waals surface area contributed by atoms with Gasteiger partial charge in [-0.3, -0.25) is 0 Å². The van der Waals surface area contributed by atoms with Gasteiger partial charge < -0.3 is 5.32 Å². The second-order valence-corrected chi connectivity index (χ2v) is 5.67. The highest BCUT2D eigenvalue weighted by Crippen LogP contribution is 2.33. The van der Waals surface area contributed by atoms with E-state index in [0.717, 1.165) is 23.5 Å². The quantitative estimate of drug-likeness (QED) is 0.824. The van der Waals surface area contributed by atoms with E-state index in [2.05, 4.69) is 41.3 Å². The van der Waals surface area contributed by atoms with Crippen LogP contribution >= 0.6 is 11.3 Å². The average molecular weight is 245 g/mol.